The Morgan fingerprint density at radius 2 is 1.50 bits per heavy atom. The minimum absolute atomic E-state index is 0.0669. The number of hydrogen-bond acceptors (Lipinski definition) is 3. The van der Waals surface area contributed by atoms with E-state index in [4.69, 9.17) is 4.74 Å². The highest BCUT2D eigenvalue weighted by Gasteiger charge is 2.29. The second-order valence-electron chi connectivity index (χ2n) is 7.49. The summed E-state index contributed by atoms with van der Waals surface area (Å²) in [4.78, 5) is 24.1. The summed E-state index contributed by atoms with van der Waals surface area (Å²) >= 11 is 0. The molecule has 0 saturated carbocycles. The van der Waals surface area contributed by atoms with Crippen LogP contribution in [0, 0.1) is 6.92 Å². The molecule has 2 N–H and O–H groups in total. The Morgan fingerprint density at radius 1 is 0.933 bits per heavy atom. The average molecular weight is 401 g/mol. The van der Waals surface area contributed by atoms with E-state index in [0.717, 1.165) is 33.4 Å². The van der Waals surface area contributed by atoms with Crippen molar-refractivity contribution in [2.75, 3.05) is 6.61 Å². The zero-order valence-corrected chi connectivity index (χ0v) is 16.7. The van der Waals surface area contributed by atoms with Crippen molar-refractivity contribution in [2.24, 2.45) is 0 Å². The van der Waals surface area contributed by atoms with Crippen LogP contribution in [0.25, 0.3) is 11.1 Å². The van der Waals surface area contributed by atoms with Gasteiger partial charge in [-0.2, -0.15) is 0 Å². The summed E-state index contributed by atoms with van der Waals surface area (Å²) in [5.74, 6) is -1.16. The van der Waals surface area contributed by atoms with Gasteiger partial charge in [0, 0.05) is 12.3 Å². The van der Waals surface area contributed by atoms with Gasteiger partial charge in [0.2, 0.25) is 0 Å². The molecule has 1 aliphatic carbocycles. The van der Waals surface area contributed by atoms with Gasteiger partial charge in [-0.15, -0.1) is 0 Å². The van der Waals surface area contributed by atoms with Gasteiger partial charge < -0.3 is 15.2 Å². The Balaban J connectivity index is 1.44. The fraction of sp³-hybridized carbons (Fsp3) is 0.200. The van der Waals surface area contributed by atoms with Crippen LogP contribution in [-0.2, 0) is 16.0 Å². The van der Waals surface area contributed by atoms with E-state index in [1.807, 2.05) is 67.6 Å². The number of amides is 1. The van der Waals surface area contributed by atoms with Gasteiger partial charge in [0.15, 0.2) is 0 Å². The predicted octanol–water partition coefficient (Wildman–Crippen LogP) is 4.53. The topological polar surface area (TPSA) is 75.6 Å². The van der Waals surface area contributed by atoms with Crippen molar-refractivity contribution in [3.8, 4) is 11.1 Å². The monoisotopic (exact) mass is 401 g/mol. The number of aryl methyl sites for hydroxylation is 1. The van der Waals surface area contributed by atoms with Crippen LogP contribution in [0.5, 0.6) is 0 Å². The Labute approximate surface area is 175 Å². The van der Waals surface area contributed by atoms with Crippen molar-refractivity contribution in [1.82, 2.24) is 5.32 Å². The second kappa shape index (κ2) is 8.41. The highest BCUT2D eigenvalue weighted by molar-refractivity contribution is 5.81. The van der Waals surface area contributed by atoms with Crippen LogP contribution < -0.4 is 5.32 Å². The largest absolute Gasteiger partial charge is 0.480 e. The molecular formula is C25H23NO4. The number of carboxylic acid groups (broad SMARTS) is 1. The first kappa shape index (κ1) is 19.7. The highest BCUT2D eigenvalue weighted by Crippen LogP contribution is 2.44. The number of alkyl carbamates (subject to hydrolysis) is 1. The molecule has 0 spiro atoms. The maximum atomic E-state index is 12.4. The summed E-state index contributed by atoms with van der Waals surface area (Å²) < 4.78 is 5.47. The summed E-state index contributed by atoms with van der Waals surface area (Å²) in [6.07, 6.45) is -0.524. The molecule has 0 bridgehead atoms. The van der Waals surface area contributed by atoms with Crippen LogP contribution in [0.3, 0.4) is 0 Å². The van der Waals surface area contributed by atoms with Crippen molar-refractivity contribution in [1.29, 1.82) is 0 Å². The normalized spacial score (nSPS) is 13.2. The van der Waals surface area contributed by atoms with Crippen molar-refractivity contribution < 1.29 is 19.4 Å². The third-order valence-corrected chi connectivity index (χ3v) is 5.62. The van der Waals surface area contributed by atoms with Crippen molar-refractivity contribution >= 4 is 12.1 Å². The number of nitrogens with one attached hydrogen (secondary N) is 1. The summed E-state index contributed by atoms with van der Waals surface area (Å²) in [5.41, 5.74) is 6.37. The average Bonchev–Trinajstić information content (AvgIpc) is 3.07. The van der Waals surface area contributed by atoms with Gasteiger partial charge in [-0.3, -0.25) is 0 Å². The Hall–Kier alpha value is -3.60. The van der Waals surface area contributed by atoms with Gasteiger partial charge >= 0.3 is 12.1 Å². The molecule has 0 unspecified atom stereocenters. The number of rotatable bonds is 6. The lowest BCUT2D eigenvalue weighted by Gasteiger charge is -2.18. The number of ether oxygens (including phenoxy) is 1. The Kier molecular flexibility index (Phi) is 5.53. The first-order chi connectivity index (χ1) is 14.5. The summed E-state index contributed by atoms with van der Waals surface area (Å²) in [6.45, 7) is 2.07. The quantitative estimate of drug-likeness (QED) is 0.636. The first-order valence-electron chi connectivity index (χ1n) is 9.93. The Bertz CT molecular complexity index is 1050. The van der Waals surface area contributed by atoms with Crippen molar-refractivity contribution in [3.63, 3.8) is 0 Å². The molecule has 5 heteroatoms. The summed E-state index contributed by atoms with van der Waals surface area (Å²) in [7, 11) is 0. The fourth-order valence-electron chi connectivity index (χ4n) is 4.04. The molecule has 3 aromatic rings. The van der Waals surface area contributed by atoms with Gasteiger partial charge in [-0.25, -0.2) is 9.59 Å². The van der Waals surface area contributed by atoms with Gasteiger partial charge in [-0.1, -0.05) is 72.8 Å². The van der Waals surface area contributed by atoms with E-state index >= 15 is 0 Å². The lowest BCUT2D eigenvalue weighted by molar-refractivity contribution is -0.139. The Morgan fingerprint density at radius 3 is 2.10 bits per heavy atom. The molecule has 0 fully saturated rings. The van der Waals surface area contributed by atoms with Gasteiger partial charge in [0.05, 0.1) is 0 Å². The molecule has 30 heavy (non-hydrogen) atoms. The SMILES string of the molecule is Cc1ccccc1C[C@@H](NC(=O)OCC1c2ccccc2-c2ccccc21)C(=O)O. The zero-order valence-electron chi connectivity index (χ0n) is 16.7. The molecule has 1 amide bonds. The number of hydrogen-bond donors (Lipinski definition) is 2. The minimum atomic E-state index is -1.09. The molecule has 152 valence electrons. The lowest BCUT2D eigenvalue weighted by Crippen LogP contribution is -2.43. The number of carboxylic acids is 1. The van der Waals surface area contributed by atoms with Crippen LogP contribution in [0.2, 0.25) is 0 Å². The smallest absolute Gasteiger partial charge is 0.407 e. The van der Waals surface area contributed by atoms with E-state index in [-0.39, 0.29) is 18.9 Å². The molecule has 0 saturated heterocycles. The molecule has 0 aromatic heterocycles. The van der Waals surface area contributed by atoms with Crippen LogP contribution in [0.4, 0.5) is 4.79 Å². The number of benzene rings is 3. The van der Waals surface area contributed by atoms with E-state index in [1.165, 1.54) is 0 Å². The van der Waals surface area contributed by atoms with Crippen LogP contribution in [-0.4, -0.2) is 29.8 Å². The lowest BCUT2D eigenvalue weighted by atomic mass is 9.98. The first-order valence-corrected chi connectivity index (χ1v) is 9.93. The molecule has 4 rings (SSSR count). The summed E-state index contributed by atoms with van der Waals surface area (Å²) in [6, 6.07) is 22.6. The zero-order chi connectivity index (χ0) is 21.1. The maximum absolute atomic E-state index is 12.4. The van der Waals surface area contributed by atoms with E-state index in [1.54, 1.807) is 0 Å². The van der Waals surface area contributed by atoms with Crippen LogP contribution in [0.15, 0.2) is 72.8 Å². The predicted molar refractivity (Wildman–Crippen MR) is 115 cm³/mol. The standard InChI is InChI=1S/C25H23NO4/c1-16-8-2-3-9-17(16)14-23(24(27)28)26-25(29)30-15-22-20-12-6-4-10-18(20)19-11-5-7-13-21(19)22/h2-13,22-23H,14-15H2,1H3,(H,26,29)(H,27,28)/t23-/m1/s1. The molecule has 3 aromatic carbocycles. The number of carbonyl (C=O) groups excluding carboxylic acids is 1. The minimum Gasteiger partial charge on any atom is -0.480 e. The maximum Gasteiger partial charge on any atom is 0.407 e. The third-order valence-electron chi connectivity index (χ3n) is 5.62. The molecular weight excluding hydrogens is 378 g/mol. The van der Waals surface area contributed by atoms with Crippen molar-refractivity contribution in [3.05, 3.63) is 95.1 Å². The van der Waals surface area contributed by atoms with Gasteiger partial charge in [-0.05, 0) is 40.3 Å². The number of aliphatic carboxylic acids is 1. The van der Waals surface area contributed by atoms with E-state index in [2.05, 4.69) is 17.4 Å². The van der Waals surface area contributed by atoms with E-state index < -0.39 is 18.1 Å². The molecule has 0 radical (unpaired) electrons. The third kappa shape index (κ3) is 3.92. The number of carbonyl (C=O) groups is 2. The molecule has 5 nitrogen and oxygen atoms in total. The van der Waals surface area contributed by atoms with Crippen LogP contribution >= 0.6 is 0 Å². The van der Waals surface area contributed by atoms with Crippen molar-refractivity contribution in [2.45, 2.75) is 25.3 Å². The molecule has 0 heterocycles. The molecule has 1 aliphatic rings. The second-order valence-corrected chi connectivity index (χ2v) is 7.49. The van der Waals surface area contributed by atoms with E-state index in [9.17, 15) is 14.7 Å². The van der Waals surface area contributed by atoms with Gasteiger partial charge in [0.25, 0.3) is 0 Å². The molecule has 1 atom stereocenters. The van der Waals surface area contributed by atoms with Crippen LogP contribution in [0.1, 0.15) is 28.2 Å². The number of fused-ring (bicyclic) bond motifs is 3. The fourth-order valence-corrected chi connectivity index (χ4v) is 4.04. The van der Waals surface area contributed by atoms with Gasteiger partial charge in [0.1, 0.15) is 12.6 Å². The molecule has 0 aliphatic heterocycles. The highest BCUT2D eigenvalue weighted by atomic mass is 16.5. The summed E-state index contributed by atoms with van der Waals surface area (Å²) in [5, 5.41) is 12.0. The van der Waals surface area contributed by atoms with E-state index in [0.29, 0.717) is 0 Å².